The van der Waals surface area contributed by atoms with Crippen molar-refractivity contribution in [3.05, 3.63) is 47.9 Å². The van der Waals surface area contributed by atoms with E-state index >= 15 is 0 Å². The van der Waals surface area contributed by atoms with Gasteiger partial charge in [-0.05, 0) is 36.1 Å². The minimum Gasteiger partial charge on any atom is -0.343 e. The van der Waals surface area contributed by atoms with Crippen molar-refractivity contribution in [2.75, 3.05) is 0 Å². The molecule has 2 aliphatic heterocycles. The Labute approximate surface area is 72.4 Å². The molecule has 0 unspecified atom stereocenters. The molecule has 0 aromatic rings. The van der Waals surface area contributed by atoms with Gasteiger partial charge in [-0.15, -0.1) is 0 Å². The SMILES string of the molecule is C1=CN2C=CC=C3CCC(=C1)C32. The van der Waals surface area contributed by atoms with Crippen LogP contribution in [-0.4, -0.2) is 10.9 Å². The van der Waals surface area contributed by atoms with Crippen LogP contribution in [0.3, 0.4) is 0 Å². The normalized spacial score (nSPS) is 25.5. The number of hydrogen-bond donors (Lipinski definition) is 0. The van der Waals surface area contributed by atoms with Crippen molar-refractivity contribution < 1.29 is 0 Å². The lowest BCUT2D eigenvalue weighted by Crippen LogP contribution is -2.29. The predicted octanol–water partition coefficient (Wildman–Crippen LogP) is 2.36. The first-order valence-corrected chi connectivity index (χ1v) is 4.47. The maximum absolute atomic E-state index is 2.30. The van der Waals surface area contributed by atoms with Gasteiger partial charge in [0, 0.05) is 12.4 Å². The zero-order valence-electron chi connectivity index (χ0n) is 6.90. The summed E-state index contributed by atoms with van der Waals surface area (Å²) < 4.78 is 0. The van der Waals surface area contributed by atoms with Gasteiger partial charge in [0.05, 0.1) is 6.04 Å². The van der Waals surface area contributed by atoms with Gasteiger partial charge in [0.25, 0.3) is 0 Å². The molecule has 3 aliphatic rings. The van der Waals surface area contributed by atoms with Crippen LogP contribution in [-0.2, 0) is 0 Å². The maximum Gasteiger partial charge on any atom is 0.0759 e. The van der Waals surface area contributed by atoms with Crippen molar-refractivity contribution in [1.29, 1.82) is 0 Å². The maximum atomic E-state index is 2.30. The van der Waals surface area contributed by atoms with Gasteiger partial charge in [-0.25, -0.2) is 0 Å². The van der Waals surface area contributed by atoms with Crippen molar-refractivity contribution in [2.45, 2.75) is 18.9 Å². The highest BCUT2D eigenvalue weighted by Gasteiger charge is 2.30. The summed E-state index contributed by atoms with van der Waals surface area (Å²) in [6.07, 6.45) is 15.6. The zero-order chi connectivity index (χ0) is 7.97. The van der Waals surface area contributed by atoms with Crippen molar-refractivity contribution in [2.24, 2.45) is 0 Å². The van der Waals surface area contributed by atoms with Crippen LogP contribution in [0.4, 0.5) is 0 Å². The van der Waals surface area contributed by atoms with Crippen LogP contribution < -0.4 is 0 Å². The van der Waals surface area contributed by atoms with E-state index in [-0.39, 0.29) is 0 Å². The fourth-order valence-corrected chi connectivity index (χ4v) is 2.29. The van der Waals surface area contributed by atoms with Crippen molar-refractivity contribution in [1.82, 2.24) is 4.90 Å². The number of hydrogen-bond acceptors (Lipinski definition) is 1. The third-order valence-corrected chi connectivity index (χ3v) is 2.84. The van der Waals surface area contributed by atoms with Crippen LogP contribution >= 0.6 is 0 Å². The topological polar surface area (TPSA) is 3.24 Å². The molecule has 0 N–H and O–H groups in total. The molecule has 0 atom stereocenters. The second kappa shape index (κ2) is 2.13. The van der Waals surface area contributed by atoms with Crippen LogP contribution in [0, 0.1) is 0 Å². The average molecular weight is 157 g/mol. The first-order valence-electron chi connectivity index (χ1n) is 4.47. The standard InChI is InChI=1S/C11H11N/c1-3-9-5-6-10-4-2-8-12(7-1)11(9)10/h1-4,7-8,11H,5-6H2. The highest BCUT2D eigenvalue weighted by molar-refractivity contribution is 5.43. The lowest BCUT2D eigenvalue weighted by molar-refractivity contribution is 0.453. The van der Waals surface area contributed by atoms with Crippen LogP contribution in [0.5, 0.6) is 0 Å². The van der Waals surface area contributed by atoms with E-state index in [1.54, 1.807) is 11.1 Å². The molecule has 0 aromatic heterocycles. The summed E-state index contributed by atoms with van der Waals surface area (Å²) in [7, 11) is 0. The summed E-state index contributed by atoms with van der Waals surface area (Å²) in [4.78, 5) is 2.30. The quantitative estimate of drug-likeness (QED) is 0.521. The van der Waals surface area contributed by atoms with E-state index in [2.05, 4.69) is 41.6 Å². The molecule has 60 valence electrons. The second-order valence-corrected chi connectivity index (χ2v) is 3.52. The minimum absolute atomic E-state index is 0.583. The Balaban J connectivity index is 2.13. The average Bonchev–Trinajstić information content (AvgIpc) is 2.52. The monoisotopic (exact) mass is 157 g/mol. The summed E-state index contributed by atoms with van der Waals surface area (Å²) in [6, 6.07) is 0.583. The number of allylic oxidation sites excluding steroid dienone is 4. The molecule has 2 heterocycles. The van der Waals surface area contributed by atoms with Gasteiger partial charge in [0.2, 0.25) is 0 Å². The predicted molar refractivity (Wildman–Crippen MR) is 49.3 cm³/mol. The van der Waals surface area contributed by atoms with E-state index in [4.69, 9.17) is 0 Å². The van der Waals surface area contributed by atoms with Gasteiger partial charge in [-0.1, -0.05) is 12.2 Å². The highest BCUT2D eigenvalue weighted by Crippen LogP contribution is 2.38. The van der Waals surface area contributed by atoms with E-state index in [0.29, 0.717) is 6.04 Å². The van der Waals surface area contributed by atoms with Crippen LogP contribution in [0.15, 0.2) is 47.9 Å². The summed E-state index contributed by atoms with van der Waals surface area (Å²) >= 11 is 0. The third-order valence-electron chi connectivity index (χ3n) is 2.84. The van der Waals surface area contributed by atoms with Gasteiger partial charge in [-0.3, -0.25) is 0 Å². The fraction of sp³-hybridized carbons (Fsp3) is 0.273. The third kappa shape index (κ3) is 0.685. The van der Waals surface area contributed by atoms with E-state index in [1.807, 2.05) is 0 Å². The van der Waals surface area contributed by atoms with E-state index in [0.717, 1.165) is 0 Å². The smallest absolute Gasteiger partial charge is 0.0759 e. The largest absolute Gasteiger partial charge is 0.343 e. The summed E-state index contributed by atoms with van der Waals surface area (Å²) in [5.41, 5.74) is 3.15. The molecule has 0 saturated heterocycles. The first-order chi connectivity index (χ1) is 5.95. The molecular formula is C11H11N. The lowest BCUT2D eigenvalue weighted by Gasteiger charge is -2.30. The molecule has 1 nitrogen and oxygen atoms in total. The molecule has 3 rings (SSSR count). The van der Waals surface area contributed by atoms with Gasteiger partial charge in [0.15, 0.2) is 0 Å². The molecule has 12 heavy (non-hydrogen) atoms. The number of nitrogens with zero attached hydrogens (tertiary/aromatic N) is 1. The summed E-state index contributed by atoms with van der Waals surface area (Å²) in [5.74, 6) is 0. The molecule has 1 aliphatic carbocycles. The van der Waals surface area contributed by atoms with Crippen molar-refractivity contribution in [3.8, 4) is 0 Å². The molecule has 1 saturated carbocycles. The van der Waals surface area contributed by atoms with E-state index < -0.39 is 0 Å². The Hall–Kier alpha value is -1.24. The lowest BCUT2D eigenvalue weighted by atomic mass is 10.0. The van der Waals surface area contributed by atoms with Crippen molar-refractivity contribution in [3.63, 3.8) is 0 Å². The fourth-order valence-electron chi connectivity index (χ4n) is 2.29. The molecule has 1 fully saturated rings. The Kier molecular flexibility index (Phi) is 1.12. The zero-order valence-corrected chi connectivity index (χ0v) is 6.90. The molecule has 0 amide bonds. The van der Waals surface area contributed by atoms with Crippen LogP contribution in [0.2, 0.25) is 0 Å². The molecular weight excluding hydrogens is 146 g/mol. The van der Waals surface area contributed by atoms with Crippen LogP contribution in [0.25, 0.3) is 0 Å². The molecule has 0 bridgehead atoms. The van der Waals surface area contributed by atoms with Gasteiger partial charge in [0.1, 0.15) is 0 Å². The molecule has 0 spiro atoms. The number of rotatable bonds is 0. The first kappa shape index (κ1) is 6.30. The highest BCUT2D eigenvalue weighted by atomic mass is 15.1. The van der Waals surface area contributed by atoms with Gasteiger partial charge in [-0.2, -0.15) is 0 Å². The molecule has 0 aromatic carbocycles. The Morgan fingerprint density at radius 1 is 1.00 bits per heavy atom. The van der Waals surface area contributed by atoms with Gasteiger partial charge < -0.3 is 4.90 Å². The van der Waals surface area contributed by atoms with Crippen LogP contribution in [0.1, 0.15) is 12.8 Å². The Morgan fingerprint density at radius 2 is 1.58 bits per heavy atom. The van der Waals surface area contributed by atoms with Crippen molar-refractivity contribution >= 4 is 0 Å². The Morgan fingerprint density at radius 3 is 2.17 bits per heavy atom. The van der Waals surface area contributed by atoms with Gasteiger partial charge >= 0.3 is 0 Å². The van der Waals surface area contributed by atoms with E-state index in [1.165, 1.54) is 12.8 Å². The Bertz CT molecular complexity index is 299. The summed E-state index contributed by atoms with van der Waals surface area (Å²) in [5, 5.41) is 0. The minimum atomic E-state index is 0.583. The summed E-state index contributed by atoms with van der Waals surface area (Å²) in [6.45, 7) is 0. The molecule has 0 radical (unpaired) electrons. The molecule has 1 heteroatoms. The second-order valence-electron chi connectivity index (χ2n) is 3.52. The van der Waals surface area contributed by atoms with E-state index in [9.17, 15) is 0 Å².